The Kier molecular flexibility index (Phi) is 4.77. The second-order valence-corrected chi connectivity index (χ2v) is 8.34. The van der Waals surface area contributed by atoms with Gasteiger partial charge in [0.15, 0.2) is 0 Å². The van der Waals surface area contributed by atoms with E-state index in [-0.39, 0.29) is 0 Å². The van der Waals surface area contributed by atoms with Crippen molar-refractivity contribution in [1.82, 2.24) is 5.32 Å². The minimum Gasteiger partial charge on any atom is -0.459 e. The Hall–Kier alpha value is -3.21. The summed E-state index contributed by atoms with van der Waals surface area (Å²) in [5, 5.41) is 5.80. The van der Waals surface area contributed by atoms with Crippen LogP contribution < -0.4 is 5.32 Å². The summed E-state index contributed by atoms with van der Waals surface area (Å²) in [6, 6.07) is 17.3. The minimum atomic E-state index is -0.498. The Balaban J connectivity index is 1.53. The third-order valence-corrected chi connectivity index (χ3v) is 6.21. The van der Waals surface area contributed by atoms with Gasteiger partial charge in [-0.2, -0.15) is 0 Å². The molecule has 1 aliphatic rings. The number of furan rings is 1. The summed E-state index contributed by atoms with van der Waals surface area (Å²) in [4.78, 5) is 26.1. The van der Waals surface area contributed by atoms with Crippen LogP contribution in [0.1, 0.15) is 43.2 Å². The average molecular weight is 430 g/mol. The molecule has 0 bridgehead atoms. The van der Waals surface area contributed by atoms with Gasteiger partial charge in [0.2, 0.25) is 11.6 Å². The standard InChI is InChI=1S/C26H20ClNO3/c1-14-4-3-5-19-18(14)10-11-20-23(19)25(30)24(29)22-15(2)21(31-26(20)22)13-28-12-16-6-8-17(27)9-7-16/h3-11,28H,12-13H2,1-2H3. The van der Waals surface area contributed by atoms with Crippen LogP contribution in [0.5, 0.6) is 0 Å². The Labute approximate surface area is 184 Å². The molecule has 5 heteroatoms. The molecule has 4 nitrogen and oxygen atoms in total. The Bertz CT molecular complexity index is 1370. The zero-order valence-corrected chi connectivity index (χ0v) is 18.0. The molecule has 0 saturated heterocycles. The number of hydrogen-bond acceptors (Lipinski definition) is 4. The van der Waals surface area contributed by atoms with Crippen molar-refractivity contribution in [2.24, 2.45) is 0 Å². The molecule has 1 aliphatic carbocycles. The summed E-state index contributed by atoms with van der Waals surface area (Å²) in [5.41, 5.74) is 4.38. The Morgan fingerprint density at radius 3 is 2.35 bits per heavy atom. The maximum Gasteiger partial charge on any atom is 0.237 e. The van der Waals surface area contributed by atoms with E-state index in [1.165, 1.54) is 0 Å². The Morgan fingerprint density at radius 1 is 0.839 bits per heavy atom. The van der Waals surface area contributed by atoms with E-state index >= 15 is 0 Å². The highest BCUT2D eigenvalue weighted by molar-refractivity contribution is 6.54. The highest BCUT2D eigenvalue weighted by atomic mass is 35.5. The number of benzene rings is 3. The first-order chi connectivity index (χ1) is 15.0. The number of fused-ring (bicyclic) bond motifs is 5. The van der Waals surface area contributed by atoms with E-state index in [4.69, 9.17) is 16.0 Å². The van der Waals surface area contributed by atoms with Gasteiger partial charge in [-0.05, 0) is 53.9 Å². The van der Waals surface area contributed by atoms with Crippen molar-refractivity contribution in [1.29, 1.82) is 0 Å². The molecule has 1 aromatic heterocycles. The first kappa shape index (κ1) is 19.7. The van der Waals surface area contributed by atoms with Crippen LogP contribution >= 0.6 is 11.6 Å². The zero-order valence-electron chi connectivity index (χ0n) is 17.2. The predicted octanol–water partition coefficient (Wildman–Crippen LogP) is 6.04. The van der Waals surface area contributed by atoms with E-state index in [0.29, 0.717) is 51.9 Å². The molecular weight excluding hydrogens is 410 g/mol. The van der Waals surface area contributed by atoms with Crippen LogP contribution in [0.15, 0.2) is 59.0 Å². The van der Waals surface area contributed by atoms with Crippen molar-refractivity contribution >= 4 is 33.9 Å². The van der Waals surface area contributed by atoms with Crippen molar-refractivity contribution in [2.45, 2.75) is 26.9 Å². The lowest BCUT2D eigenvalue weighted by molar-refractivity contribution is 0.0815. The van der Waals surface area contributed by atoms with Gasteiger partial charge in [-0.15, -0.1) is 0 Å². The summed E-state index contributed by atoms with van der Waals surface area (Å²) < 4.78 is 6.16. The van der Waals surface area contributed by atoms with Crippen molar-refractivity contribution in [2.75, 3.05) is 0 Å². The van der Waals surface area contributed by atoms with E-state index in [2.05, 4.69) is 5.32 Å². The van der Waals surface area contributed by atoms with Gasteiger partial charge >= 0.3 is 0 Å². The van der Waals surface area contributed by atoms with Crippen molar-refractivity contribution in [3.8, 4) is 11.3 Å². The van der Waals surface area contributed by atoms with E-state index in [1.807, 2.05) is 68.4 Å². The van der Waals surface area contributed by atoms with Crippen molar-refractivity contribution in [3.05, 3.63) is 93.2 Å². The van der Waals surface area contributed by atoms with Crippen molar-refractivity contribution in [3.63, 3.8) is 0 Å². The number of rotatable bonds is 4. The topological polar surface area (TPSA) is 59.3 Å². The van der Waals surface area contributed by atoms with E-state index in [0.717, 1.165) is 21.9 Å². The predicted molar refractivity (Wildman–Crippen MR) is 122 cm³/mol. The summed E-state index contributed by atoms with van der Waals surface area (Å²) in [6.07, 6.45) is 0. The molecule has 31 heavy (non-hydrogen) atoms. The molecular formula is C26H20ClNO3. The average Bonchev–Trinajstić information content (AvgIpc) is 3.09. The van der Waals surface area contributed by atoms with Crippen LogP contribution in [0.25, 0.3) is 22.1 Å². The summed E-state index contributed by atoms with van der Waals surface area (Å²) >= 11 is 5.94. The molecule has 154 valence electrons. The number of nitrogens with one attached hydrogen (secondary N) is 1. The molecule has 0 spiro atoms. The van der Waals surface area contributed by atoms with Gasteiger partial charge in [-0.3, -0.25) is 9.59 Å². The summed E-state index contributed by atoms with van der Waals surface area (Å²) in [7, 11) is 0. The minimum absolute atomic E-state index is 0.382. The van der Waals surface area contributed by atoms with Gasteiger partial charge in [0.1, 0.15) is 11.5 Å². The van der Waals surface area contributed by atoms with Crippen LogP contribution in [0.2, 0.25) is 5.02 Å². The normalized spacial score (nSPS) is 12.9. The number of carbonyl (C=O) groups is 2. The van der Waals surface area contributed by atoms with Crippen LogP contribution in [0.4, 0.5) is 0 Å². The first-order valence-electron chi connectivity index (χ1n) is 10.1. The van der Waals surface area contributed by atoms with Crippen LogP contribution in [-0.2, 0) is 13.1 Å². The largest absolute Gasteiger partial charge is 0.459 e. The number of Topliss-reactive ketones (excluding diaryl/α,β-unsaturated/α-hetero) is 2. The molecule has 0 radical (unpaired) electrons. The van der Waals surface area contributed by atoms with Gasteiger partial charge in [0.05, 0.1) is 12.1 Å². The lowest BCUT2D eigenvalue weighted by Crippen LogP contribution is -2.21. The molecule has 3 aromatic carbocycles. The van der Waals surface area contributed by atoms with E-state index in [1.54, 1.807) is 0 Å². The molecule has 0 atom stereocenters. The van der Waals surface area contributed by atoms with Gasteiger partial charge < -0.3 is 9.73 Å². The quantitative estimate of drug-likeness (QED) is 0.402. The number of aryl methyl sites for hydroxylation is 1. The SMILES string of the molecule is Cc1c(CNCc2ccc(Cl)cc2)oc2c1C(=O)C(=O)c1c-2ccc2c(C)cccc12. The van der Waals surface area contributed by atoms with Gasteiger partial charge in [-0.1, -0.05) is 48.0 Å². The van der Waals surface area contributed by atoms with Gasteiger partial charge in [0, 0.05) is 28.3 Å². The second-order valence-electron chi connectivity index (χ2n) is 7.90. The molecule has 0 amide bonds. The highest BCUT2D eigenvalue weighted by Gasteiger charge is 2.37. The summed E-state index contributed by atoms with van der Waals surface area (Å²) in [6.45, 7) is 4.92. The van der Waals surface area contributed by atoms with E-state index < -0.39 is 11.6 Å². The second kappa shape index (κ2) is 7.49. The molecule has 0 aliphatic heterocycles. The van der Waals surface area contributed by atoms with Crippen molar-refractivity contribution < 1.29 is 14.0 Å². The molecule has 1 heterocycles. The van der Waals surface area contributed by atoms with Gasteiger partial charge in [0.25, 0.3) is 0 Å². The lowest BCUT2D eigenvalue weighted by atomic mass is 9.83. The van der Waals surface area contributed by atoms with E-state index in [9.17, 15) is 9.59 Å². The number of hydrogen-bond donors (Lipinski definition) is 1. The van der Waals surface area contributed by atoms with Crippen LogP contribution in [0, 0.1) is 13.8 Å². The lowest BCUT2D eigenvalue weighted by Gasteiger charge is -2.16. The first-order valence-corrected chi connectivity index (χ1v) is 10.5. The maximum atomic E-state index is 13.1. The number of ketones is 2. The van der Waals surface area contributed by atoms with Gasteiger partial charge in [-0.25, -0.2) is 0 Å². The summed E-state index contributed by atoms with van der Waals surface area (Å²) in [5.74, 6) is 0.186. The third-order valence-electron chi connectivity index (χ3n) is 5.96. The Morgan fingerprint density at radius 2 is 1.58 bits per heavy atom. The zero-order chi connectivity index (χ0) is 21.7. The third kappa shape index (κ3) is 3.19. The molecule has 0 saturated carbocycles. The van der Waals surface area contributed by atoms with Crippen LogP contribution in [0.3, 0.4) is 0 Å². The fourth-order valence-corrected chi connectivity index (χ4v) is 4.42. The molecule has 4 aromatic rings. The monoisotopic (exact) mass is 429 g/mol. The number of halogens is 1. The number of carbonyl (C=O) groups excluding carboxylic acids is 2. The molecule has 5 rings (SSSR count). The smallest absolute Gasteiger partial charge is 0.237 e. The fraction of sp³-hybridized carbons (Fsp3) is 0.154. The molecule has 0 fully saturated rings. The molecule has 0 unspecified atom stereocenters. The maximum absolute atomic E-state index is 13.1. The molecule has 1 N–H and O–H groups in total. The van der Waals surface area contributed by atoms with Crippen LogP contribution in [-0.4, -0.2) is 11.6 Å². The fourth-order valence-electron chi connectivity index (χ4n) is 4.29. The highest BCUT2D eigenvalue weighted by Crippen LogP contribution is 2.41.